The lowest BCUT2D eigenvalue weighted by Crippen LogP contribution is -2.41. The van der Waals surface area contributed by atoms with Crippen molar-refractivity contribution in [3.8, 4) is 11.6 Å². The lowest BCUT2D eigenvalue weighted by atomic mass is 10.1. The van der Waals surface area contributed by atoms with Gasteiger partial charge >= 0.3 is 0 Å². The molecule has 1 aromatic carbocycles. The van der Waals surface area contributed by atoms with Crippen LogP contribution in [-0.4, -0.2) is 39.4 Å². The van der Waals surface area contributed by atoms with Crippen molar-refractivity contribution in [2.75, 3.05) is 20.3 Å². The van der Waals surface area contributed by atoms with Crippen LogP contribution >= 0.6 is 0 Å². The molecular weight excluding hydrogens is 418 g/mol. The lowest BCUT2D eigenvalue weighted by molar-refractivity contribution is 0.103. The fourth-order valence-corrected chi connectivity index (χ4v) is 4.35. The Bertz CT molecular complexity index is 932. The summed E-state index contributed by atoms with van der Waals surface area (Å²) < 4.78 is 17.5. The molecule has 0 bridgehead atoms. The van der Waals surface area contributed by atoms with Crippen molar-refractivity contribution in [2.24, 2.45) is 0 Å². The first-order chi connectivity index (χ1) is 15.1. The van der Waals surface area contributed by atoms with E-state index in [9.17, 15) is 4.79 Å². The molecule has 0 radical (unpaired) electrons. The number of nitrogens with zero attached hydrogens (tertiary/aromatic N) is 1. The standard InChI is InChI=1S/C26H37NO4Si/c1-26(2,3)32(5,6)31-17-8-7-16-30-21-11-9-10-20(18-21)24(28)23-15-14-22(19-12-13-19)25(27-23)29-4/h9-11,14-15,18-19H,7-8,12-13,16-17H2,1-6H3. The van der Waals surface area contributed by atoms with Gasteiger partial charge < -0.3 is 13.9 Å². The number of rotatable bonds is 11. The van der Waals surface area contributed by atoms with Gasteiger partial charge in [0.15, 0.2) is 8.32 Å². The van der Waals surface area contributed by atoms with Crippen LogP contribution in [0, 0.1) is 0 Å². The quantitative estimate of drug-likeness (QED) is 0.223. The Morgan fingerprint density at radius 1 is 1.09 bits per heavy atom. The summed E-state index contributed by atoms with van der Waals surface area (Å²) in [6.07, 6.45) is 4.19. The Labute approximate surface area is 193 Å². The fraction of sp³-hybridized carbons (Fsp3) is 0.538. The van der Waals surface area contributed by atoms with Gasteiger partial charge in [-0.15, -0.1) is 0 Å². The van der Waals surface area contributed by atoms with Crippen molar-refractivity contribution < 1.29 is 18.7 Å². The second-order valence-corrected chi connectivity index (χ2v) is 14.9. The van der Waals surface area contributed by atoms with E-state index < -0.39 is 8.32 Å². The molecule has 0 amide bonds. The van der Waals surface area contributed by atoms with Gasteiger partial charge in [0.05, 0.1) is 13.7 Å². The number of hydrogen-bond donors (Lipinski definition) is 0. The number of carbonyl (C=O) groups is 1. The third-order valence-electron chi connectivity index (χ3n) is 6.51. The van der Waals surface area contributed by atoms with Crippen molar-refractivity contribution in [1.82, 2.24) is 4.98 Å². The second-order valence-electron chi connectivity index (χ2n) is 10.1. The number of aromatic nitrogens is 1. The molecule has 0 unspecified atom stereocenters. The molecule has 1 heterocycles. The summed E-state index contributed by atoms with van der Waals surface area (Å²) in [7, 11) is -0.0826. The van der Waals surface area contributed by atoms with E-state index in [2.05, 4.69) is 38.8 Å². The molecule has 1 aliphatic carbocycles. The lowest BCUT2D eigenvalue weighted by Gasteiger charge is -2.36. The molecule has 0 spiro atoms. The number of benzene rings is 1. The summed E-state index contributed by atoms with van der Waals surface area (Å²) in [5.74, 6) is 1.65. The van der Waals surface area contributed by atoms with Crippen LogP contribution in [0.1, 0.15) is 74.0 Å². The van der Waals surface area contributed by atoms with E-state index in [4.69, 9.17) is 13.9 Å². The maximum atomic E-state index is 13.0. The third kappa shape index (κ3) is 6.20. The van der Waals surface area contributed by atoms with Gasteiger partial charge in [-0.3, -0.25) is 4.79 Å². The highest BCUT2D eigenvalue weighted by molar-refractivity contribution is 6.74. The SMILES string of the molecule is COc1nc(C(=O)c2cccc(OCCCCO[Si](C)(C)C(C)(C)C)c2)ccc1C1CC1. The number of carbonyl (C=O) groups excluding carboxylic acids is 1. The molecule has 32 heavy (non-hydrogen) atoms. The van der Waals surface area contributed by atoms with Crippen LogP contribution in [0.15, 0.2) is 36.4 Å². The first-order valence-corrected chi connectivity index (χ1v) is 14.5. The van der Waals surface area contributed by atoms with E-state index in [0.29, 0.717) is 35.4 Å². The fourth-order valence-electron chi connectivity index (χ4n) is 3.26. The highest BCUT2D eigenvalue weighted by atomic mass is 28.4. The zero-order valence-electron chi connectivity index (χ0n) is 20.4. The number of hydrogen-bond acceptors (Lipinski definition) is 5. The predicted octanol–water partition coefficient (Wildman–Crippen LogP) is 6.38. The molecule has 0 saturated heterocycles. The summed E-state index contributed by atoms with van der Waals surface area (Å²) in [4.78, 5) is 17.4. The number of ether oxygens (including phenoxy) is 2. The van der Waals surface area contributed by atoms with E-state index in [-0.39, 0.29) is 10.8 Å². The van der Waals surface area contributed by atoms with Crippen LogP contribution < -0.4 is 9.47 Å². The first kappa shape index (κ1) is 24.5. The zero-order valence-corrected chi connectivity index (χ0v) is 21.4. The molecular formula is C26H37NO4Si. The molecule has 0 atom stereocenters. The van der Waals surface area contributed by atoms with Crippen LogP contribution in [-0.2, 0) is 4.43 Å². The average Bonchev–Trinajstić information content (AvgIpc) is 3.60. The Hall–Kier alpha value is -2.18. The van der Waals surface area contributed by atoms with Gasteiger partial charge in [-0.05, 0) is 67.9 Å². The molecule has 1 saturated carbocycles. The van der Waals surface area contributed by atoms with Crippen LogP contribution in [0.4, 0.5) is 0 Å². The molecule has 1 aromatic heterocycles. The summed E-state index contributed by atoms with van der Waals surface area (Å²) in [5, 5.41) is 0.230. The molecule has 2 aromatic rings. The Morgan fingerprint density at radius 3 is 2.47 bits per heavy atom. The monoisotopic (exact) mass is 455 g/mol. The Kier molecular flexibility index (Phi) is 7.78. The maximum Gasteiger partial charge on any atom is 0.217 e. The number of ketones is 1. The van der Waals surface area contributed by atoms with Gasteiger partial charge in [-0.2, -0.15) is 0 Å². The molecule has 0 aliphatic heterocycles. The van der Waals surface area contributed by atoms with E-state index in [1.807, 2.05) is 18.2 Å². The van der Waals surface area contributed by atoms with Gasteiger partial charge in [0, 0.05) is 17.7 Å². The summed E-state index contributed by atoms with van der Waals surface area (Å²) in [6, 6.07) is 11.1. The third-order valence-corrected chi connectivity index (χ3v) is 11.0. The maximum absolute atomic E-state index is 13.0. The number of unbranched alkanes of at least 4 members (excludes halogenated alkanes) is 1. The van der Waals surface area contributed by atoms with Crippen LogP contribution in [0.3, 0.4) is 0 Å². The average molecular weight is 456 g/mol. The first-order valence-electron chi connectivity index (χ1n) is 11.6. The zero-order chi connectivity index (χ0) is 23.4. The van der Waals surface area contributed by atoms with E-state index >= 15 is 0 Å². The van der Waals surface area contributed by atoms with Crippen molar-refractivity contribution in [3.63, 3.8) is 0 Å². The van der Waals surface area contributed by atoms with Crippen molar-refractivity contribution in [2.45, 2.75) is 70.5 Å². The van der Waals surface area contributed by atoms with Gasteiger partial charge in [0.25, 0.3) is 0 Å². The van der Waals surface area contributed by atoms with Gasteiger partial charge in [0.1, 0.15) is 11.4 Å². The van der Waals surface area contributed by atoms with Crippen LogP contribution in [0.2, 0.25) is 18.1 Å². The summed E-state index contributed by atoms with van der Waals surface area (Å²) >= 11 is 0. The molecule has 3 rings (SSSR count). The summed E-state index contributed by atoms with van der Waals surface area (Å²) in [5.41, 5.74) is 2.06. The predicted molar refractivity (Wildman–Crippen MR) is 131 cm³/mol. The Morgan fingerprint density at radius 2 is 1.81 bits per heavy atom. The summed E-state index contributed by atoms with van der Waals surface area (Å²) in [6.45, 7) is 12.7. The van der Waals surface area contributed by atoms with Crippen molar-refractivity contribution in [1.29, 1.82) is 0 Å². The number of methoxy groups -OCH3 is 1. The molecule has 1 fully saturated rings. The largest absolute Gasteiger partial charge is 0.494 e. The molecule has 6 heteroatoms. The van der Waals surface area contributed by atoms with E-state index in [1.54, 1.807) is 25.3 Å². The van der Waals surface area contributed by atoms with E-state index in [1.165, 1.54) is 0 Å². The van der Waals surface area contributed by atoms with Crippen LogP contribution in [0.25, 0.3) is 0 Å². The van der Waals surface area contributed by atoms with Crippen molar-refractivity contribution >= 4 is 14.1 Å². The normalized spacial score (nSPS) is 14.3. The Balaban J connectivity index is 1.51. The van der Waals surface area contributed by atoms with E-state index in [0.717, 1.165) is 37.9 Å². The molecule has 0 N–H and O–H groups in total. The van der Waals surface area contributed by atoms with Gasteiger partial charge in [-0.1, -0.05) is 39.0 Å². The van der Waals surface area contributed by atoms with Gasteiger partial charge in [-0.25, -0.2) is 4.98 Å². The van der Waals surface area contributed by atoms with Gasteiger partial charge in [0.2, 0.25) is 11.7 Å². The second kappa shape index (κ2) is 10.2. The highest BCUT2D eigenvalue weighted by Crippen LogP contribution is 2.43. The minimum Gasteiger partial charge on any atom is -0.494 e. The highest BCUT2D eigenvalue weighted by Gasteiger charge is 2.36. The minimum atomic E-state index is -1.69. The molecule has 5 nitrogen and oxygen atoms in total. The smallest absolute Gasteiger partial charge is 0.217 e. The minimum absolute atomic E-state index is 0.126. The van der Waals surface area contributed by atoms with Crippen LogP contribution in [0.5, 0.6) is 11.6 Å². The molecule has 1 aliphatic rings. The van der Waals surface area contributed by atoms with Crippen molar-refractivity contribution in [3.05, 3.63) is 53.2 Å². The topological polar surface area (TPSA) is 57.7 Å². The molecule has 174 valence electrons. The number of pyridine rings is 1.